The molecule has 0 aromatic heterocycles. The molecule has 1 aliphatic carbocycles. The molecule has 1 N–H and O–H groups in total. The van der Waals surface area contributed by atoms with Crippen molar-refractivity contribution in [2.24, 2.45) is 0 Å². The number of Topliss-reactive ketones (excluding diaryl/α,β-unsaturated/α-hetero) is 1. The van der Waals surface area contributed by atoms with Crippen LogP contribution in [0.4, 0.5) is 11.4 Å². The van der Waals surface area contributed by atoms with Crippen LogP contribution in [0.25, 0.3) is 5.57 Å². The first-order valence-electron chi connectivity index (χ1n) is 18.4. The minimum Gasteiger partial charge on any atom is -0.506 e. The Hall–Kier alpha value is -4.49. The molecule has 3 aromatic carbocycles. The van der Waals surface area contributed by atoms with Gasteiger partial charge < -0.3 is 14.7 Å². The lowest BCUT2D eigenvalue weighted by molar-refractivity contribution is -0.440. The molecule has 0 radical (unpaired) electrons. The van der Waals surface area contributed by atoms with Crippen LogP contribution in [0.5, 0.6) is 0 Å². The summed E-state index contributed by atoms with van der Waals surface area (Å²) in [5.41, 5.74) is 6.87. The SMILES string of the molecule is CCCCN(CCCC)c1ccc(C2=C(O)C(=CC3=[N+](CCOC(=O)c4ccc(C5CCCN5C)cc4)c4ccccc4C3(C)C)C2=O)cc1. The molecule has 3 aromatic rings. The molecule has 6 rings (SSSR count). The molecule has 0 saturated carbocycles. The van der Waals surface area contributed by atoms with Gasteiger partial charge in [0.25, 0.3) is 0 Å². The molecular formula is C43H52N3O4+. The number of esters is 1. The summed E-state index contributed by atoms with van der Waals surface area (Å²) >= 11 is 0. The standard InChI is InChI=1S/C43H51N3O4/c1-6-8-25-45(26-9-7-2)33-22-20-31(21-23-33)39-40(47)34(41(39)48)29-38-43(3,4)35-13-10-11-14-37(35)46(38)27-28-50-42(49)32-18-16-30(17-19-32)36-15-12-24-44(36)5/h10-11,13-14,16-23,29,36H,6-9,12,15,24-28H2,1-5H3/p+1. The number of unbranched alkanes of at least 4 members (excludes halogenated alkanes) is 2. The second kappa shape index (κ2) is 15.2. The molecule has 1 saturated heterocycles. The lowest BCUT2D eigenvalue weighted by atomic mass is 9.77. The highest BCUT2D eigenvalue weighted by Gasteiger charge is 2.46. The number of rotatable bonds is 14. The fourth-order valence-corrected chi connectivity index (χ4v) is 7.69. The minimum atomic E-state index is -0.435. The van der Waals surface area contributed by atoms with Crippen molar-refractivity contribution in [2.75, 3.05) is 44.7 Å². The number of ether oxygens (including phenoxy) is 1. The zero-order valence-corrected chi connectivity index (χ0v) is 30.4. The number of benzene rings is 3. The Morgan fingerprint density at radius 1 is 1.00 bits per heavy atom. The van der Waals surface area contributed by atoms with Crippen LogP contribution in [-0.2, 0) is 14.9 Å². The van der Waals surface area contributed by atoms with Crippen molar-refractivity contribution in [1.82, 2.24) is 4.90 Å². The number of carbonyl (C=O) groups is 2. The van der Waals surface area contributed by atoms with Crippen LogP contribution in [0.2, 0.25) is 0 Å². The predicted octanol–water partition coefficient (Wildman–Crippen LogP) is 8.57. The van der Waals surface area contributed by atoms with Crippen molar-refractivity contribution >= 4 is 34.4 Å². The van der Waals surface area contributed by atoms with Gasteiger partial charge in [0.15, 0.2) is 18.9 Å². The van der Waals surface area contributed by atoms with E-state index in [2.05, 4.69) is 73.4 Å². The topological polar surface area (TPSA) is 73.1 Å². The van der Waals surface area contributed by atoms with Crippen LogP contribution in [0, 0.1) is 0 Å². The molecule has 1 atom stereocenters. The summed E-state index contributed by atoms with van der Waals surface area (Å²) in [4.78, 5) is 31.5. The minimum absolute atomic E-state index is 0.0226. The number of ketones is 1. The van der Waals surface area contributed by atoms with Gasteiger partial charge in [0.05, 0.1) is 22.1 Å². The molecule has 2 aliphatic heterocycles. The van der Waals surface area contributed by atoms with E-state index in [4.69, 9.17) is 4.74 Å². The van der Waals surface area contributed by atoms with Gasteiger partial charge in [-0.05, 0) is 88.5 Å². The van der Waals surface area contributed by atoms with E-state index in [0.717, 1.165) is 80.0 Å². The average Bonchev–Trinajstić information content (AvgIpc) is 3.65. The Morgan fingerprint density at radius 2 is 1.68 bits per heavy atom. The Morgan fingerprint density at radius 3 is 2.30 bits per heavy atom. The summed E-state index contributed by atoms with van der Waals surface area (Å²) in [6.07, 6.45) is 8.70. The number of fused-ring (bicyclic) bond motifs is 1. The zero-order valence-electron chi connectivity index (χ0n) is 30.4. The summed E-state index contributed by atoms with van der Waals surface area (Å²) in [7, 11) is 2.14. The van der Waals surface area contributed by atoms with E-state index in [-0.39, 0.29) is 24.1 Å². The molecule has 7 nitrogen and oxygen atoms in total. The lowest BCUT2D eigenvalue weighted by Gasteiger charge is -2.26. The van der Waals surface area contributed by atoms with E-state index in [1.165, 1.54) is 12.0 Å². The van der Waals surface area contributed by atoms with Gasteiger partial charge in [0.1, 0.15) is 5.76 Å². The first-order chi connectivity index (χ1) is 24.1. The van der Waals surface area contributed by atoms with Gasteiger partial charge >= 0.3 is 5.97 Å². The van der Waals surface area contributed by atoms with Crippen LogP contribution in [0.15, 0.2) is 90.2 Å². The molecule has 7 heteroatoms. The molecule has 1 unspecified atom stereocenters. The van der Waals surface area contributed by atoms with Gasteiger partial charge in [-0.25, -0.2) is 4.79 Å². The van der Waals surface area contributed by atoms with Crippen molar-refractivity contribution < 1.29 is 24.0 Å². The van der Waals surface area contributed by atoms with Crippen LogP contribution < -0.4 is 4.90 Å². The normalized spacial score (nSPS) is 19.3. The molecular weight excluding hydrogens is 622 g/mol. The van der Waals surface area contributed by atoms with Gasteiger partial charge in [0, 0.05) is 42.5 Å². The molecule has 1 fully saturated rings. The van der Waals surface area contributed by atoms with Gasteiger partial charge in [-0.3, -0.25) is 9.69 Å². The molecule has 50 heavy (non-hydrogen) atoms. The maximum Gasteiger partial charge on any atom is 0.338 e. The van der Waals surface area contributed by atoms with Crippen molar-refractivity contribution in [3.8, 4) is 0 Å². The Balaban J connectivity index is 1.21. The maximum atomic E-state index is 13.6. The lowest BCUT2D eigenvalue weighted by Crippen LogP contribution is -2.31. The second-order valence-electron chi connectivity index (χ2n) is 14.4. The van der Waals surface area contributed by atoms with Crippen LogP contribution >= 0.6 is 0 Å². The maximum absolute atomic E-state index is 13.6. The smallest absolute Gasteiger partial charge is 0.338 e. The second-order valence-corrected chi connectivity index (χ2v) is 14.4. The van der Waals surface area contributed by atoms with Gasteiger partial charge in [0.2, 0.25) is 11.5 Å². The van der Waals surface area contributed by atoms with E-state index in [1.807, 2.05) is 54.6 Å². The average molecular weight is 675 g/mol. The van der Waals surface area contributed by atoms with E-state index in [0.29, 0.717) is 29.3 Å². The number of hydrogen-bond donors (Lipinski definition) is 1. The predicted molar refractivity (Wildman–Crippen MR) is 202 cm³/mol. The Kier molecular flexibility index (Phi) is 10.7. The van der Waals surface area contributed by atoms with Crippen molar-refractivity contribution in [1.29, 1.82) is 0 Å². The highest BCUT2D eigenvalue weighted by atomic mass is 16.5. The number of carbonyl (C=O) groups excluding carboxylic acids is 2. The van der Waals surface area contributed by atoms with E-state index < -0.39 is 5.41 Å². The molecule has 0 bridgehead atoms. The number of likely N-dealkylation sites (tertiary alicyclic amines) is 1. The van der Waals surface area contributed by atoms with Gasteiger partial charge in [-0.15, -0.1) is 0 Å². The zero-order chi connectivity index (χ0) is 35.4. The molecule has 262 valence electrons. The number of para-hydroxylation sites is 1. The first kappa shape index (κ1) is 35.3. The molecule has 0 spiro atoms. The molecule has 3 aliphatic rings. The van der Waals surface area contributed by atoms with E-state index in [1.54, 1.807) is 0 Å². The van der Waals surface area contributed by atoms with Crippen LogP contribution in [-0.4, -0.2) is 71.9 Å². The monoisotopic (exact) mass is 674 g/mol. The summed E-state index contributed by atoms with van der Waals surface area (Å²) in [6.45, 7) is 12.4. The van der Waals surface area contributed by atoms with Gasteiger partial charge in [-0.1, -0.05) is 69.2 Å². The summed E-state index contributed by atoms with van der Waals surface area (Å²) in [5, 5.41) is 11.3. The van der Waals surface area contributed by atoms with Crippen LogP contribution in [0.3, 0.4) is 0 Å². The van der Waals surface area contributed by atoms with E-state index >= 15 is 0 Å². The molecule has 2 heterocycles. The fraction of sp³-hybridized carbons (Fsp3) is 0.419. The third-order valence-corrected chi connectivity index (χ3v) is 10.7. The van der Waals surface area contributed by atoms with E-state index in [9.17, 15) is 14.7 Å². The number of aliphatic hydroxyl groups is 1. The molecule has 0 amide bonds. The highest BCUT2D eigenvalue weighted by molar-refractivity contribution is 6.40. The number of anilines is 1. The summed E-state index contributed by atoms with van der Waals surface area (Å²) in [6, 6.07) is 24.4. The fourth-order valence-electron chi connectivity index (χ4n) is 7.69. The van der Waals surface area contributed by atoms with Gasteiger partial charge in [-0.2, -0.15) is 4.58 Å². The Bertz CT molecular complexity index is 1810. The largest absolute Gasteiger partial charge is 0.506 e. The summed E-state index contributed by atoms with van der Waals surface area (Å²) < 4.78 is 7.90. The van der Waals surface area contributed by atoms with Crippen LogP contribution in [0.1, 0.15) is 99.3 Å². The van der Waals surface area contributed by atoms with Crippen molar-refractivity contribution in [2.45, 2.75) is 77.7 Å². The Labute approximate surface area is 297 Å². The first-order valence-corrected chi connectivity index (χ1v) is 18.4. The number of nitrogens with zero attached hydrogens (tertiary/aromatic N) is 3. The number of allylic oxidation sites excluding steroid dienone is 3. The van der Waals surface area contributed by atoms with Crippen molar-refractivity contribution in [3.63, 3.8) is 0 Å². The third kappa shape index (κ3) is 6.93. The number of aliphatic hydroxyl groups excluding tert-OH is 1. The quantitative estimate of drug-likeness (QED) is 0.105. The number of hydrogen-bond acceptors (Lipinski definition) is 6. The third-order valence-electron chi connectivity index (χ3n) is 10.7. The summed E-state index contributed by atoms with van der Waals surface area (Å²) in [5.74, 6) is -0.497. The highest BCUT2D eigenvalue weighted by Crippen LogP contribution is 2.43. The van der Waals surface area contributed by atoms with Crippen molar-refractivity contribution in [3.05, 3.63) is 112 Å².